The summed E-state index contributed by atoms with van der Waals surface area (Å²) in [6, 6.07) is 14.5. The Kier molecular flexibility index (Phi) is 7.99. The van der Waals surface area contributed by atoms with Crippen LogP contribution in [0.25, 0.3) is 6.08 Å². The highest BCUT2D eigenvalue weighted by molar-refractivity contribution is 9.10. The Bertz CT molecular complexity index is 1520. The van der Waals surface area contributed by atoms with Crippen molar-refractivity contribution in [3.8, 4) is 5.75 Å². The Balaban J connectivity index is 1.50. The van der Waals surface area contributed by atoms with Crippen molar-refractivity contribution in [2.75, 3.05) is 16.8 Å². The zero-order chi connectivity index (χ0) is 27.6. The van der Waals surface area contributed by atoms with Crippen molar-refractivity contribution in [3.05, 3.63) is 91.9 Å². The van der Waals surface area contributed by atoms with Gasteiger partial charge in [-0.05, 0) is 95.4 Å². The number of halogens is 2. The van der Waals surface area contributed by atoms with Crippen LogP contribution in [-0.2, 0) is 14.4 Å². The van der Waals surface area contributed by atoms with Crippen LogP contribution in [0.4, 0.5) is 16.2 Å². The molecule has 0 bridgehead atoms. The number of barbiturate groups is 1. The molecule has 2 N–H and O–H groups in total. The van der Waals surface area contributed by atoms with Crippen LogP contribution in [0.2, 0.25) is 5.02 Å². The second-order valence-electron chi connectivity index (χ2n) is 8.62. The van der Waals surface area contributed by atoms with E-state index >= 15 is 0 Å². The summed E-state index contributed by atoms with van der Waals surface area (Å²) in [6.45, 7) is 5.35. The Morgan fingerprint density at radius 3 is 2.53 bits per heavy atom. The maximum atomic E-state index is 13.2. The van der Waals surface area contributed by atoms with E-state index < -0.39 is 17.8 Å². The summed E-state index contributed by atoms with van der Waals surface area (Å²) in [5, 5.41) is 5.41. The van der Waals surface area contributed by atoms with E-state index in [0.717, 1.165) is 21.7 Å². The van der Waals surface area contributed by atoms with Gasteiger partial charge in [0.05, 0.1) is 10.2 Å². The van der Waals surface area contributed by atoms with E-state index in [0.29, 0.717) is 26.4 Å². The standard InChI is InChI=1S/C28H23BrClN3O5/c1-15-6-4-8-22(16(15)2)31-25(34)14-38-24-11-10-18(13-20(24)29)12-19-26(35)32-28(37)33(27(19)36)23-9-5-7-21(30)17(23)3/h4-13H,14H2,1-3H3,(H,31,34)(H,32,35,37)/b19-12-. The van der Waals surface area contributed by atoms with Crippen LogP contribution in [0.1, 0.15) is 22.3 Å². The number of nitrogens with zero attached hydrogens (tertiary/aromatic N) is 1. The number of imide groups is 2. The molecule has 1 saturated heterocycles. The van der Waals surface area contributed by atoms with Gasteiger partial charge in [-0.1, -0.05) is 35.9 Å². The average molecular weight is 597 g/mol. The zero-order valence-corrected chi connectivity index (χ0v) is 23.1. The number of carbonyl (C=O) groups is 4. The highest BCUT2D eigenvalue weighted by Gasteiger charge is 2.37. The number of anilines is 2. The lowest BCUT2D eigenvalue weighted by Gasteiger charge is -2.27. The molecule has 38 heavy (non-hydrogen) atoms. The molecule has 0 saturated carbocycles. The maximum absolute atomic E-state index is 13.2. The van der Waals surface area contributed by atoms with E-state index in [1.165, 1.54) is 6.08 Å². The number of ether oxygens (including phenoxy) is 1. The number of hydrogen-bond donors (Lipinski definition) is 2. The highest BCUT2D eigenvalue weighted by Crippen LogP contribution is 2.31. The highest BCUT2D eigenvalue weighted by atomic mass is 79.9. The third-order valence-electron chi connectivity index (χ3n) is 6.09. The molecule has 194 valence electrons. The van der Waals surface area contributed by atoms with Gasteiger partial charge in [0.25, 0.3) is 17.7 Å². The smallest absolute Gasteiger partial charge is 0.335 e. The number of amides is 5. The number of rotatable bonds is 6. The first-order chi connectivity index (χ1) is 18.1. The Hall–Kier alpha value is -3.95. The topological polar surface area (TPSA) is 105 Å². The quantitative estimate of drug-likeness (QED) is 0.280. The fraction of sp³-hybridized carbons (Fsp3) is 0.143. The molecule has 0 spiro atoms. The van der Waals surface area contributed by atoms with E-state index in [2.05, 4.69) is 26.6 Å². The first-order valence-corrected chi connectivity index (χ1v) is 12.7. The van der Waals surface area contributed by atoms with Gasteiger partial charge in [-0.25, -0.2) is 9.69 Å². The Labute approximate surface area is 232 Å². The summed E-state index contributed by atoms with van der Waals surface area (Å²) in [4.78, 5) is 51.5. The maximum Gasteiger partial charge on any atom is 0.335 e. The van der Waals surface area contributed by atoms with E-state index in [1.807, 2.05) is 32.0 Å². The lowest BCUT2D eigenvalue weighted by atomic mass is 10.1. The monoisotopic (exact) mass is 595 g/mol. The van der Waals surface area contributed by atoms with Gasteiger partial charge in [0, 0.05) is 10.7 Å². The van der Waals surface area contributed by atoms with Crippen molar-refractivity contribution in [3.63, 3.8) is 0 Å². The first kappa shape index (κ1) is 27.1. The summed E-state index contributed by atoms with van der Waals surface area (Å²) < 4.78 is 6.16. The summed E-state index contributed by atoms with van der Waals surface area (Å²) in [5.74, 6) is -1.50. The first-order valence-electron chi connectivity index (χ1n) is 11.5. The molecule has 0 radical (unpaired) electrons. The fourth-order valence-electron chi connectivity index (χ4n) is 3.82. The van der Waals surface area contributed by atoms with Crippen LogP contribution in [0.3, 0.4) is 0 Å². The average Bonchev–Trinajstić information content (AvgIpc) is 2.86. The van der Waals surface area contributed by atoms with Crippen molar-refractivity contribution >= 4 is 68.7 Å². The van der Waals surface area contributed by atoms with Crippen LogP contribution in [0.15, 0.2) is 64.6 Å². The zero-order valence-electron chi connectivity index (χ0n) is 20.7. The lowest BCUT2D eigenvalue weighted by molar-refractivity contribution is -0.122. The molecule has 1 fully saturated rings. The Morgan fingerprint density at radius 1 is 1.05 bits per heavy atom. The van der Waals surface area contributed by atoms with Crippen LogP contribution in [-0.4, -0.2) is 30.4 Å². The molecule has 3 aromatic carbocycles. The van der Waals surface area contributed by atoms with Gasteiger partial charge in [0.15, 0.2) is 6.61 Å². The molecular formula is C28H23BrClN3O5. The number of hydrogen-bond acceptors (Lipinski definition) is 5. The molecular weight excluding hydrogens is 574 g/mol. The largest absolute Gasteiger partial charge is 0.483 e. The molecule has 0 aromatic heterocycles. The van der Waals surface area contributed by atoms with Gasteiger partial charge in [-0.15, -0.1) is 0 Å². The number of benzene rings is 3. The number of nitrogens with one attached hydrogen (secondary N) is 2. The summed E-state index contributed by atoms with van der Waals surface area (Å²) in [5.41, 5.74) is 3.84. The number of aryl methyl sites for hydroxylation is 1. The fourth-order valence-corrected chi connectivity index (χ4v) is 4.50. The summed E-state index contributed by atoms with van der Waals surface area (Å²) in [7, 11) is 0. The van der Waals surface area contributed by atoms with E-state index in [-0.39, 0.29) is 23.8 Å². The molecule has 1 aliphatic rings. The molecule has 3 aromatic rings. The molecule has 4 rings (SSSR count). The predicted octanol–water partition coefficient (Wildman–Crippen LogP) is 5.71. The van der Waals surface area contributed by atoms with Gasteiger partial charge < -0.3 is 10.1 Å². The van der Waals surface area contributed by atoms with Crippen LogP contribution < -0.4 is 20.3 Å². The lowest BCUT2D eigenvalue weighted by Crippen LogP contribution is -2.54. The van der Waals surface area contributed by atoms with Crippen LogP contribution in [0, 0.1) is 20.8 Å². The van der Waals surface area contributed by atoms with E-state index in [1.54, 1.807) is 43.3 Å². The summed E-state index contributed by atoms with van der Waals surface area (Å²) >= 11 is 9.57. The van der Waals surface area contributed by atoms with E-state index in [9.17, 15) is 19.2 Å². The summed E-state index contributed by atoms with van der Waals surface area (Å²) in [6.07, 6.45) is 1.37. The van der Waals surface area contributed by atoms with Crippen molar-refractivity contribution in [1.82, 2.24) is 5.32 Å². The predicted molar refractivity (Wildman–Crippen MR) is 149 cm³/mol. The molecule has 1 heterocycles. The molecule has 5 amide bonds. The number of carbonyl (C=O) groups excluding carboxylic acids is 4. The minimum absolute atomic E-state index is 0.219. The van der Waals surface area contributed by atoms with Gasteiger partial charge >= 0.3 is 6.03 Å². The van der Waals surface area contributed by atoms with Gasteiger partial charge in [-0.2, -0.15) is 0 Å². The molecule has 10 heteroatoms. The van der Waals surface area contributed by atoms with Gasteiger partial charge in [0.2, 0.25) is 0 Å². The molecule has 1 aliphatic heterocycles. The number of urea groups is 1. The van der Waals surface area contributed by atoms with Crippen LogP contribution >= 0.6 is 27.5 Å². The normalized spacial score (nSPS) is 14.5. The second kappa shape index (κ2) is 11.2. The van der Waals surface area contributed by atoms with Crippen molar-refractivity contribution < 1.29 is 23.9 Å². The van der Waals surface area contributed by atoms with E-state index in [4.69, 9.17) is 16.3 Å². The minimum Gasteiger partial charge on any atom is -0.483 e. The third kappa shape index (κ3) is 5.64. The molecule has 8 nitrogen and oxygen atoms in total. The van der Waals surface area contributed by atoms with Gasteiger partial charge in [0.1, 0.15) is 11.3 Å². The minimum atomic E-state index is -0.855. The van der Waals surface area contributed by atoms with Crippen LogP contribution in [0.5, 0.6) is 5.75 Å². The van der Waals surface area contributed by atoms with Crippen molar-refractivity contribution in [2.45, 2.75) is 20.8 Å². The SMILES string of the molecule is Cc1cccc(NC(=O)COc2ccc(/C=C3/C(=O)NC(=O)N(c4cccc(Cl)c4C)C3=O)cc2Br)c1C. The molecule has 0 aliphatic carbocycles. The van der Waals surface area contributed by atoms with Gasteiger partial charge in [-0.3, -0.25) is 19.7 Å². The molecule has 0 atom stereocenters. The van der Waals surface area contributed by atoms with Crippen molar-refractivity contribution in [2.24, 2.45) is 0 Å². The molecule has 0 unspecified atom stereocenters. The van der Waals surface area contributed by atoms with Crippen molar-refractivity contribution in [1.29, 1.82) is 0 Å². The Morgan fingerprint density at radius 2 is 1.79 bits per heavy atom. The second-order valence-corrected chi connectivity index (χ2v) is 9.88. The third-order valence-corrected chi connectivity index (χ3v) is 7.12.